The second-order valence-electron chi connectivity index (χ2n) is 5.97. The first-order valence-electron chi connectivity index (χ1n) is 7.81. The number of aromatic amines is 1. The van der Waals surface area contributed by atoms with Crippen molar-refractivity contribution in [2.75, 3.05) is 0 Å². The minimum atomic E-state index is -2.96. The first-order chi connectivity index (χ1) is 12.0. The highest BCUT2D eigenvalue weighted by atomic mass is 19.3. The Morgan fingerprint density at radius 3 is 2.76 bits per heavy atom. The summed E-state index contributed by atoms with van der Waals surface area (Å²) in [5.41, 5.74) is 2.82. The highest BCUT2D eigenvalue weighted by molar-refractivity contribution is 5.84. The van der Waals surface area contributed by atoms with E-state index in [2.05, 4.69) is 20.3 Å². The van der Waals surface area contributed by atoms with E-state index < -0.39 is 5.92 Å². The van der Waals surface area contributed by atoms with Crippen molar-refractivity contribution < 1.29 is 8.78 Å². The molecule has 0 unspecified atom stereocenters. The molecule has 4 aromatic rings. The van der Waals surface area contributed by atoms with Crippen LogP contribution in [0.25, 0.3) is 22.3 Å². The molecule has 0 spiro atoms. The highest BCUT2D eigenvalue weighted by Gasteiger charge is 2.26. The Balaban J connectivity index is 1.59. The molecule has 4 rings (SSSR count). The van der Waals surface area contributed by atoms with E-state index >= 15 is 0 Å². The quantitative estimate of drug-likeness (QED) is 0.612. The van der Waals surface area contributed by atoms with Gasteiger partial charge in [0.15, 0.2) is 0 Å². The van der Waals surface area contributed by atoms with Crippen LogP contribution in [0.15, 0.2) is 54.7 Å². The second kappa shape index (κ2) is 5.77. The van der Waals surface area contributed by atoms with Crippen LogP contribution in [0.2, 0.25) is 0 Å². The zero-order valence-electron chi connectivity index (χ0n) is 13.4. The minimum absolute atomic E-state index is 0.249. The summed E-state index contributed by atoms with van der Waals surface area (Å²) < 4.78 is 28.4. The van der Waals surface area contributed by atoms with Crippen molar-refractivity contribution in [3.63, 3.8) is 0 Å². The fourth-order valence-corrected chi connectivity index (χ4v) is 2.69. The Morgan fingerprint density at radius 1 is 1.12 bits per heavy atom. The van der Waals surface area contributed by atoms with Gasteiger partial charge in [0.2, 0.25) is 0 Å². The molecule has 0 aliphatic carbocycles. The van der Waals surface area contributed by atoms with Crippen molar-refractivity contribution in [2.45, 2.75) is 19.4 Å². The molecule has 7 heteroatoms. The monoisotopic (exact) mass is 339 g/mol. The normalized spacial score (nSPS) is 12.0. The average molecular weight is 339 g/mol. The van der Waals surface area contributed by atoms with Crippen molar-refractivity contribution in [2.24, 2.45) is 0 Å². The summed E-state index contributed by atoms with van der Waals surface area (Å²) in [4.78, 5) is 7.30. The van der Waals surface area contributed by atoms with E-state index in [0.717, 1.165) is 23.5 Å². The van der Waals surface area contributed by atoms with Crippen LogP contribution < -0.4 is 0 Å². The Kier molecular flexibility index (Phi) is 3.56. The second-order valence-corrected chi connectivity index (χ2v) is 5.97. The van der Waals surface area contributed by atoms with E-state index in [1.807, 2.05) is 30.3 Å². The number of hydrogen-bond donors (Lipinski definition) is 1. The van der Waals surface area contributed by atoms with Gasteiger partial charge in [-0.25, -0.2) is 9.67 Å². The number of aromatic nitrogens is 5. The van der Waals surface area contributed by atoms with Gasteiger partial charge in [-0.1, -0.05) is 29.5 Å². The Labute approximate surface area is 142 Å². The number of benzene rings is 1. The third-order valence-electron chi connectivity index (χ3n) is 3.93. The largest absolute Gasteiger partial charge is 0.353 e. The molecule has 0 aliphatic rings. The van der Waals surface area contributed by atoms with Crippen LogP contribution in [-0.4, -0.2) is 25.0 Å². The topological polar surface area (TPSA) is 59.4 Å². The van der Waals surface area contributed by atoms with Gasteiger partial charge in [0, 0.05) is 17.8 Å². The van der Waals surface area contributed by atoms with Gasteiger partial charge in [-0.3, -0.25) is 0 Å². The van der Waals surface area contributed by atoms with Crippen molar-refractivity contribution in [1.29, 1.82) is 0 Å². The van der Waals surface area contributed by atoms with E-state index in [9.17, 15) is 8.78 Å². The number of fused-ring (bicyclic) bond motifs is 1. The van der Waals surface area contributed by atoms with E-state index in [1.165, 1.54) is 6.07 Å². The first kappa shape index (κ1) is 15.4. The molecule has 25 heavy (non-hydrogen) atoms. The lowest BCUT2D eigenvalue weighted by Gasteiger charge is -2.10. The van der Waals surface area contributed by atoms with Gasteiger partial charge in [0.1, 0.15) is 11.4 Å². The van der Waals surface area contributed by atoms with Gasteiger partial charge in [-0.2, -0.15) is 8.78 Å². The Morgan fingerprint density at radius 2 is 1.96 bits per heavy atom. The van der Waals surface area contributed by atoms with Crippen LogP contribution in [0.5, 0.6) is 0 Å². The standard InChI is InChI=1S/C18H15F2N5/c1-18(19,20)17-8-4-6-13(21-17)10-25-11-16(23-24-25)15-9-12-5-2-3-7-14(12)22-15/h2-9,11,22H,10H2,1H3. The molecule has 126 valence electrons. The Hall–Kier alpha value is -3.09. The molecular formula is C18H15F2N5. The number of alkyl halides is 2. The highest BCUT2D eigenvalue weighted by Crippen LogP contribution is 2.25. The molecule has 0 saturated carbocycles. The van der Waals surface area contributed by atoms with Gasteiger partial charge in [0.05, 0.1) is 24.1 Å². The molecule has 0 aliphatic heterocycles. The number of H-pyrrole nitrogens is 1. The summed E-state index contributed by atoms with van der Waals surface area (Å²) in [5, 5.41) is 9.31. The molecule has 5 nitrogen and oxygen atoms in total. The zero-order chi connectivity index (χ0) is 17.4. The maximum Gasteiger partial charge on any atom is 0.286 e. The lowest BCUT2D eigenvalue weighted by Crippen LogP contribution is -2.12. The molecular weight excluding hydrogens is 324 g/mol. The van der Waals surface area contributed by atoms with E-state index in [0.29, 0.717) is 11.4 Å². The van der Waals surface area contributed by atoms with Gasteiger partial charge in [-0.05, 0) is 24.3 Å². The fourth-order valence-electron chi connectivity index (χ4n) is 2.69. The third kappa shape index (κ3) is 3.13. The lowest BCUT2D eigenvalue weighted by atomic mass is 10.2. The van der Waals surface area contributed by atoms with Crippen molar-refractivity contribution in [3.05, 3.63) is 66.1 Å². The molecule has 1 N–H and O–H groups in total. The molecule has 3 heterocycles. The molecule has 0 saturated heterocycles. The molecule has 0 fully saturated rings. The minimum Gasteiger partial charge on any atom is -0.353 e. The van der Waals surface area contributed by atoms with Crippen LogP contribution in [-0.2, 0) is 12.5 Å². The number of rotatable bonds is 4. The summed E-state index contributed by atoms with van der Waals surface area (Å²) in [7, 11) is 0. The van der Waals surface area contributed by atoms with Crippen molar-refractivity contribution in [1.82, 2.24) is 25.0 Å². The van der Waals surface area contributed by atoms with Crippen LogP contribution >= 0.6 is 0 Å². The van der Waals surface area contributed by atoms with E-state index in [4.69, 9.17) is 0 Å². The van der Waals surface area contributed by atoms with Crippen LogP contribution in [0, 0.1) is 0 Å². The number of nitrogens with one attached hydrogen (secondary N) is 1. The molecule has 0 radical (unpaired) electrons. The average Bonchev–Trinajstić information content (AvgIpc) is 3.20. The van der Waals surface area contributed by atoms with Crippen LogP contribution in [0.1, 0.15) is 18.3 Å². The SMILES string of the molecule is CC(F)(F)c1cccc(Cn2cc(-c3cc4ccccc4[nH]3)nn2)n1. The number of halogens is 2. The van der Waals surface area contributed by atoms with Gasteiger partial charge >= 0.3 is 0 Å². The predicted molar refractivity (Wildman–Crippen MR) is 90.2 cm³/mol. The molecule has 3 aromatic heterocycles. The van der Waals surface area contributed by atoms with Gasteiger partial charge in [-0.15, -0.1) is 5.10 Å². The first-order valence-corrected chi connectivity index (χ1v) is 7.81. The number of nitrogens with zero attached hydrogens (tertiary/aromatic N) is 4. The molecule has 0 amide bonds. The molecule has 0 atom stereocenters. The van der Waals surface area contributed by atoms with Crippen molar-refractivity contribution in [3.8, 4) is 11.4 Å². The number of pyridine rings is 1. The maximum atomic E-state index is 13.4. The summed E-state index contributed by atoms with van der Waals surface area (Å²) >= 11 is 0. The predicted octanol–water partition coefficient (Wildman–Crippen LogP) is 3.98. The van der Waals surface area contributed by atoms with Crippen LogP contribution in [0.4, 0.5) is 8.78 Å². The molecule has 0 bridgehead atoms. The maximum absolute atomic E-state index is 13.4. The summed E-state index contributed by atoms with van der Waals surface area (Å²) in [6, 6.07) is 14.5. The third-order valence-corrected chi connectivity index (χ3v) is 3.93. The zero-order valence-corrected chi connectivity index (χ0v) is 13.4. The van der Waals surface area contributed by atoms with Crippen molar-refractivity contribution >= 4 is 10.9 Å². The summed E-state index contributed by atoms with van der Waals surface area (Å²) in [5.74, 6) is -2.96. The van der Waals surface area contributed by atoms with Gasteiger partial charge < -0.3 is 4.98 Å². The molecule has 1 aromatic carbocycles. The number of para-hydroxylation sites is 1. The lowest BCUT2D eigenvalue weighted by molar-refractivity contribution is 0.0125. The van der Waals surface area contributed by atoms with E-state index in [-0.39, 0.29) is 12.2 Å². The van der Waals surface area contributed by atoms with Gasteiger partial charge in [0.25, 0.3) is 5.92 Å². The van der Waals surface area contributed by atoms with Crippen LogP contribution in [0.3, 0.4) is 0 Å². The summed E-state index contributed by atoms with van der Waals surface area (Å²) in [6.45, 7) is 1.11. The Bertz CT molecular complexity index is 996. The van der Waals surface area contributed by atoms with E-state index in [1.54, 1.807) is 23.0 Å². The number of hydrogen-bond acceptors (Lipinski definition) is 3. The fraction of sp³-hybridized carbons (Fsp3) is 0.167. The smallest absolute Gasteiger partial charge is 0.286 e. The summed E-state index contributed by atoms with van der Waals surface area (Å²) in [6.07, 6.45) is 1.77.